The molecule has 7 nitrogen and oxygen atoms in total. The summed E-state index contributed by atoms with van der Waals surface area (Å²) in [7, 11) is 0. The summed E-state index contributed by atoms with van der Waals surface area (Å²) in [4.78, 5) is 24.5. The third-order valence-corrected chi connectivity index (χ3v) is 5.48. The molecule has 7 heteroatoms. The number of carbonyl (C=O) groups excluding carboxylic acids is 1. The highest BCUT2D eigenvalue weighted by Crippen LogP contribution is 2.24. The van der Waals surface area contributed by atoms with E-state index in [0.717, 1.165) is 37.1 Å². The molecule has 2 aliphatic rings. The van der Waals surface area contributed by atoms with Crippen molar-refractivity contribution in [1.82, 2.24) is 19.8 Å². The van der Waals surface area contributed by atoms with E-state index in [1.54, 1.807) is 6.20 Å². The molecule has 0 spiro atoms. The molecule has 0 radical (unpaired) electrons. The van der Waals surface area contributed by atoms with Crippen LogP contribution < -0.4 is 4.74 Å². The molecule has 0 aromatic carbocycles. The first-order chi connectivity index (χ1) is 13.1. The van der Waals surface area contributed by atoms with E-state index in [4.69, 9.17) is 9.47 Å². The Kier molecular flexibility index (Phi) is 5.31. The average Bonchev–Trinajstić information content (AvgIpc) is 3.12. The van der Waals surface area contributed by atoms with Gasteiger partial charge in [-0.05, 0) is 38.8 Å². The van der Waals surface area contributed by atoms with Gasteiger partial charge in [0.2, 0.25) is 0 Å². The van der Waals surface area contributed by atoms with Gasteiger partial charge in [-0.1, -0.05) is 0 Å². The Morgan fingerprint density at radius 2 is 1.96 bits per heavy atom. The molecule has 146 valence electrons. The summed E-state index contributed by atoms with van der Waals surface area (Å²) in [6.45, 7) is 9.06. The number of nitrogens with zero attached hydrogens (tertiary/aromatic N) is 3. The topological polar surface area (TPSA) is 70.7 Å². The lowest BCUT2D eigenvalue weighted by Crippen LogP contribution is -2.41. The quantitative estimate of drug-likeness (QED) is 0.892. The zero-order valence-corrected chi connectivity index (χ0v) is 16.1. The minimum atomic E-state index is -0.000161. The van der Waals surface area contributed by atoms with Crippen molar-refractivity contribution < 1.29 is 14.3 Å². The third-order valence-electron chi connectivity index (χ3n) is 5.48. The number of hydrogen-bond donors (Lipinski definition) is 1. The van der Waals surface area contributed by atoms with Crippen LogP contribution in [0.4, 0.5) is 0 Å². The van der Waals surface area contributed by atoms with Crippen LogP contribution in [0.2, 0.25) is 0 Å². The maximum atomic E-state index is 12.6. The van der Waals surface area contributed by atoms with Crippen molar-refractivity contribution in [3.05, 3.63) is 24.0 Å². The highest BCUT2D eigenvalue weighted by molar-refractivity contribution is 5.97. The maximum absolute atomic E-state index is 12.6. The number of nitrogens with one attached hydrogen (secondary N) is 1. The third kappa shape index (κ3) is 4.09. The van der Waals surface area contributed by atoms with Gasteiger partial charge in [0.05, 0.1) is 19.4 Å². The lowest BCUT2D eigenvalue weighted by Gasteiger charge is -2.34. The number of carbonyl (C=O) groups is 1. The first-order valence-electron chi connectivity index (χ1n) is 9.86. The van der Waals surface area contributed by atoms with Crippen LogP contribution >= 0.6 is 0 Å². The van der Waals surface area contributed by atoms with Crippen molar-refractivity contribution in [3.63, 3.8) is 0 Å². The van der Waals surface area contributed by atoms with Crippen molar-refractivity contribution in [2.75, 3.05) is 39.4 Å². The van der Waals surface area contributed by atoms with Crippen molar-refractivity contribution in [2.45, 2.75) is 38.8 Å². The molecule has 2 fully saturated rings. The number of fused-ring (bicyclic) bond motifs is 1. The van der Waals surface area contributed by atoms with Crippen LogP contribution in [0.15, 0.2) is 18.3 Å². The molecule has 1 N–H and O–H groups in total. The summed E-state index contributed by atoms with van der Waals surface area (Å²) in [6, 6.07) is 4.43. The van der Waals surface area contributed by atoms with Gasteiger partial charge in [-0.2, -0.15) is 0 Å². The normalized spacial score (nSPS) is 19.7. The van der Waals surface area contributed by atoms with E-state index < -0.39 is 0 Å². The van der Waals surface area contributed by atoms with E-state index >= 15 is 0 Å². The number of ether oxygens (including phenoxy) is 2. The molecule has 2 aliphatic heterocycles. The van der Waals surface area contributed by atoms with Gasteiger partial charge in [0.25, 0.3) is 5.91 Å². The second kappa shape index (κ2) is 7.86. The largest absolute Gasteiger partial charge is 0.489 e. The summed E-state index contributed by atoms with van der Waals surface area (Å²) in [6.07, 6.45) is 4.04. The van der Waals surface area contributed by atoms with E-state index in [1.165, 1.54) is 0 Å². The summed E-state index contributed by atoms with van der Waals surface area (Å²) in [5.41, 5.74) is 1.29. The van der Waals surface area contributed by atoms with Crippen molar-refractivity contribution >= 4 is 16.9 Å². The standard InChI is InChI=1S/C20H28N4O3/c1-14(2)23-5-3-16(4-6-23)27-17-11-15-12-18(22-19(15)21-13-17)20(25)24-7-9-26-10-8-24/h11-14,16H,3-10H2,1-2H3,(H,21,22). The number of morpholine rings is 1. The Balaban J connectivity index is 1.43. The molecule has 4 rings (SSSR count). The minimum Gasteiger partial charge on any atom is -0.489 e. The number of pyridine rings is 1. The number of aromatic amines is 1. The van der Waals surface area contributed by atoms with Crippen LogP contribution in [0.25, 0.3) is 11.0 Å². The molecule has 0 atom stereocenters. The summed E-state index contributed by atoms with van der Waals surface area (Å²) in [5, 5.41) is 0.906. The lowest BCUT2D eigenvalue weighted by atomic mass is 10.1. The number of rotatable bonds is 4. The van der Waals surface area contributed by atoms with Gasteiger partial charge in [-0.3, -0.25) is 4.79 Å². The average molecular weight is 372 g/mol. The molecule has 2 saturated heterocycles. The maximum Gasteiger partial charge on any atom is 0.270 e. The second-order valence-corrected chi connectivity index (χ2v) is 7.64. The molecule has 2 aromatic heterocycles. The number of hydrogen-bond acceptors (Lipinski definition) is 5. The van der Waals surface area contributed by atoms with Gasteiger partial charge in [0, 0.05) is 37.6 Å². The van der Waals surface area contributed by atoms with Gasteiger partial charge in [0.1, 0.15) is 23.2 Å². The summed E-state index contributed by atoms with van der Waals surface area (Å²) in [5.74, 6) is 0.773. The predicted octanol–water partition coefficient (Wildman–Crippen LogP) is 2.29. The molecule has 4 heterocycles. The number of piperidine rings is 1. The van der Waals surface area contributed by atoms with Gasteiger partial charge >= 0.3 is 0 Å². The van der Waals surface area contributed by atoms with Crippen molar-refractivity contribution in [2.24, 2.45) is 0 Å². The van der Waals surface area contributed by atoms with E-state index in [0.29, 0.717) is 43.7 Å². The van der Waals surface area contributed by atoms with Gasteiger partial charge in [-0.15, -0.1) is 0 Å². The number of amides is 1. The Morgan fingerprint density at radius 3 is 2.67 bits per heavy atom. The van der Waals surface area contributed by atoms with Crippen LogP contribution in [0.5, 0.6) is 5.75 Å². The highest BCUT2D eigenvalue weighted by Gasteiger charge is 2.23. The zero-order valence-electron chi connectivity index (χ0n) is 16.1. The minimum absolute atomic E-state index is 0.000161. The monoisotopic (exact) mass is 372 g/mol. The molecular weight excluding hydrogens is 344 g/mol. The molecule has 0 unspecified atom stereocenters. The predicted molar refractivity (Wildman–Crippen MR) is 103 cm³/mol. The Labute approximate surface area is 159 Å². The fraction of sp³-hybridized carbons (Fsp3) is 0.600. The molecule has 2 aromatic rings. The number of likely N-dealkylation sites (tertiary alicyclic amines) is 1. The van der Waals surface area contributed by atoms with E-state index in [2.05, 4.69) is 28.7 Å². The van der Waals surface area contributed by atoms with Crippen LogP contribution in [-0.2, 0) is 4.74 Å². The SMILES string of the molecule is CC(C)N1CCC(Oc2cnc3[nH]c(C(=O)N4CCOCC4)cc3c2)CC1. The Hall–Kier alpha value is -2.12. The molecular formula is C20H28N4O3. The summed E-state index contributed by atoms with van der Waals surface area (Å²) < 4.78 is 11.5. The van der Waals surface area contributed by atoms with Crippen LogP contribution in [0, 0.1) is 0 Å². The van der Waals surface area contributed by atoms with Gasteiger partial charge < -0.3 is 24.3 Å². The fourth-order valence-electron chi connectivity index (χ4n) is 3.81. The van der Waals surface area contributed by atoms with Crippen molar-refractivity contribution in [1.29, 1.82) is 0 Å². The molecule has 0 bridgehead atoms. The Bertz CT molecular complexity index is 790. The zero-order chi connectivity index (χ0) is 18.8. The smallest absolute Gasteiger partial charge is 0.270 e. The highest BCUT2D eigenvalue weighted by atomic mass is 16.5. The molecule has 1 amide bonds. The molecule has 27 heavy (non-hydrogen) atoms. The Morgan fingerprint density at radius 1 is 1.22 bits per heavy atom. The number of H-pyrrole nitrogens is 1. The lowest BCUT2D eigenvalue weighted by molar-refractivity contribution is 0.0299. The number of aromatic nitrogens is 2. The summed E-state index contributed by atoms with van der Waals surface area (Å²) >= 11 is 0. The van der Waals surface area contributed by atoms with E-state index in [9.17, 15) is 4.79 Å². The molecule has 0 aliphatic carbocycles. The van der Waals surface area contributed by atoms with Crippen LogP contribution in [0.1, 0.15) is 37.2 Å². The van der Waals surface area contributed by atoms with Gasteiger partial charge in [0.15, 0.2) is 0 Å². The second-order valence-electron chi connectivity index (χ2n) is 7.64. The van der Waals surface area contributed by atoms with Crippen molar-refractivity contribution in [3.8, 4) is 5.75 Å². The van der Waals surface area contributed by atoms with Gasteiger partial charge in [-0.25, -0.2) is 4.98 Å². The van der Waals surface area contributed by atoms with E-state index in [1.807, 2.05) is 17.0 Å². The fourth-order valence-corrected chi connectivity index (χ4v) is 3.81. The van der Waals surface area contributed by atoms with E-state index in [-0.39, 0.29) is 12.0 Å². The first kappa shape index (κ1) is 18.3. The van der Waals surface area contributed by atoms with Crippen LogP contribution in [-0.4, -0.2) is 77.2 Å². The van der Waals surface area contributed by atoms with Crippen LogP contribution in [0.3, 0.4) is 0 Å². The first-order valence-corrected chi connectivity index (χ1v) is 9.86. The molecule has 0 saturated carbocycles.